The van der Waals surface area contributed by atoms with Crippen molar-refractivity contribution in [2.24, 2.45) is 0 Å². The number of nitrogens with zero attached hydrogens (tertiary/aromatic N) is 1. The van der Waals surface area contributed by atoms with Crippen molar-refractivity contribution in [3.05, 3.63) is 63.7 Å². The van der Waals surface area contributed by atoms with Crippen LogP contribution in [0.5, 0.6) is 0 Å². The molecule has 1 unspecified atom stereocenters. The Morgan fingerprint density at radius 1 is 1.19 bits per heavy atom. The number of hydrogen-bond acceptors (Lipinski definition) is 6. The minimum Gasteiger partial charge on any atom is -0.449 e. The van der Waals surface area contributed by atoms with Gasteiger partial charge in [-0.2, -0.15) is 0 Å². The third-order valence-electron chi connectivity index (χ3n) is 3.57. The number of nitro benzene ring substituents is 1. The molecule has 1 amide bonds. The van der Waals surface area contributed by atoms with Crippen molar-refractivity contribution in [1.82, 2.24) is 0 Å². The highest BCUT2D eigenvalue weighted by atomic mass is 19.1. The fourth-order valence-corrected chi connectivity index (χ4v) is 2.15. The second-order valence-corrected chi connectivity index (χ2v) is 5.37. The van der Waals surface area contributed by atoms with Crippen molar-refractivity contribution in [3.63, 3.8) is 0 Å². The Hall–Kier alpha value is -3.56. The van der Waals surface area contributed by atoms with Gasteiger partial charge < -0.3 is 15.4 Å². The van der Waals surface area contributed by atoms with Gasteiger partial charge >= 0.3 is 5.97 Å². The van der Waals surface area contributed by atoms with Crippen LogP contribution in [0, 0.1) is 21.7 Å². The zero-order valence-electron chi connectivity index (χ0n) is 14.3. The highest BCUT2D eigenvalue weighted by Gasteiger charge is 2.24. The molecule has 0 saturated carbocycles. The van der Waals surface area contributed by atoms with Crippen molar-refractivity contribution in [3.8, 4) is 0 Å². The van der Waals surface area contributed by atoms with Crippen LogP contribution < -0.4 is 10.6 Å². The summed E-state index contributed by atoms with van der Waals surface area (Å²) in [6.07, 6.45) is -1.42. The highest BCUT2D eigenvalue weighted by Crippen LogP contribution is 2.23. The molecule has 0 aromatic heterocycles. The van der Waals surface area contributed by atoms with E-state index in [0.717, 1.165) is 24.3 Å². The van der Waals surface area contributed by atoms with Gasteiger partial charge in [0.2, 0.25) is 0 Å². The number of nitrogens with one attached hydrogen (secondary N) is 2. The van der Waals surface area contributed by atoms with Crippen LogP contribution in [0.25, 0.3) is 0 Å². The molecular formula is C17H15F2N3O5. The van der Waals surface area contributed by atoms with Crippen LogP contribution in [0.1, 0.15) is 17.3 Å². The largest absolute Gasteiger partial charge is 0.449 e. The summed E-state index contributed by atoms with van der Waals surface area (Å²) in [5, 5.41) is 15.6. The number of para-hydroxylation sites is 1. The van der Waals surface area contributed by atoms with Gasteiger partial charge in [0.25, 0.3) is 11.6 Å². The first-order valence-corrected chi connectivity index (χ1v) is 7.66. The van der Waals surface area contributed by atoms with Crippen LogP contribution in [-0.2, 0) is 9.53 Å². The Balaban J connectivity index is 2.16. The number of halogens is 2. The Labute approximate surface area is 152 Å². The third kappa shape index (κ3) is 4.54. The van der Waals surface area contributed by atoms with Gasteiger partial charge in [-0.3, -0.25) is 14.9 Å². The van der Waals surface area contributed by atoms with E-state index in [1.165, 1.54) is 26.1 Å². The Kier molecular flexibility index (Phi) is 6.01. The van der Waals surface area contributed by atoms with Crippen LogP contribution >= 0.6 is 0 Å². The molecule has 27 heavy (non-hydrogen) atoms. The van der Waals surface area contributed by atoms with Crippen molar-refractivity contribution in [2.75, 3.05) is 17.7 Å². The normalized spacial score (nSPS) is 11.4. The highest BCUT2D eigenvalue weighted by molar-refractivity contribution is 6.00. The summed E-state index contributed by atoms with van der Waals surface area (Å²) in [5.41, 5.74) is -0.926. The molecular weight excluding hydrogens is 364 g/mol. The molecule has 2 N–H and O–H groups in total. The average Bonchev–Trinajstić information content (AvgIpc) is 2.63. The summed E-state index contributed by atoms with van der Waals surface area (Å²) >= 11 is 0. The van der Waals surface area contributed by atoms with Gasteiger partial charge in [-0.15, -0.1) is 0 Å². The summed E-state index contributed by atoms with van der Waals surface area (Å²) < 4.78 is 32.1. The number of hydrogen-bond donors (Lipinski definition) is 2. The van der Waals surface area contributed by atoms with Crippen molar-refractivity contribution >= 4 is 28.9 Å². The number of carbonyl (C=O) groups is 2. The lowest BCUT2D eigenvalue weighted by Gasteiger charge is -2.15. The average molecular weight is 379 g/mol. The first kappa shape index (κ1) is 19.8. The number of rotatable bonds is 6. The van der Waals surface area contributed by atoms with E-state index in [9.17, 15) is 28.5 Å². The monoisotopic (exact) mass is 379 g/mol. The number of benzene rings is 2. The molecule has 10 heteroatoms. The SMILES string of the molecule is CNc1ccc([N+](=O)[O-])cc1C(=O)OC(C)C(=O)Nc1c(F)cccc1F. The van der Waals surface area contributed by atoms with Gasteiger partial charge in [-0.25, -0.2) is 13.6 Å². The molecule has 2 rings (SSSR count). The van der Waals surface area contributed by atoms with E-state index in [1.54, 1.807) is 0 Å². The van der Waals surface area contributed by atoms with Crippen LogP contribution in [0.4, 0.5) is 25.8 Å². The first-order valence-electron chi connectivity index (χ1n) is 7.66. The number of anilines is 2. The smallest absolute Gasteiger partial charge is 0.341 e. The van der Waals surface area contributed by atoms with Gasteiger partial charge in [0.05, 0.1) is 10.5 Å². The van der Waals surface area contributed by atoms with E-state index in [-0.39, 0.29) is 16.9 Å². The first-order chi connectivity index (χ1) is 12.7. The van der Waals surface area contributed by atoms with Crippen LogP contribution in [0.2, 0.25) is 0 Å². The maximum atomic E-state index is 13.6. The van der Waals surface area contributed by atoms with Crippen LogP contribution in [-0.4, -0.2) is 30.0 Å². The summed E-state index contributed by atoms with van der Waals surface area (Å²) in [4.78, 5) is 34.5. The van der Waals surface area contributed by atoms with Crippen molar-refractivity contribution < 1.29 is 28.0 Å². The molecule has 0 heterocycles. The van der Waals surface area contributed by atoms with Gasteiger partial charge in [-0.05, 0) is 25.1 Å². The standard InChI is InChI=1S/C17H15F2N3O5/c1-9(16(23)21-15-12(18)4-3-5-13(15)19)27-17(24)11-8-10(22(25)26)6-7-14(11)20-2/h3-9,20H,1-2H3,(H,21,23). The molecule has 0 fully saturated rings. The Morgan fingerprint density at radius 2 is 1.81 bits per heavy atom. The van der Waals surface area contributed by atoms with E-state index in [0.29, 0.717) is 0 Å². The van der Waals surface area contributed by atoms with Crippen molar-refractivity contribution in [1.29, 1.82) is 0 Å². The summed E-state index contributed by atoms with van der Waals surface area (Å²) in [5.74, 6) is -3.96. The van der Waals surface area contributed by atoms with E-state index in [2.05, 4.69) is 5.32 Å². The quantitative estimate of drug-likeness (QED) is 0.453. The summed E-state index contributed by atoms with van der Waals surface area (Å²) in [6.45, 7) is 1.20. The molecule has 0 saturated heterocycles. The Morgan fingerprint density at radius 3 is 2.37 bits per heavy atom. The van der Waals surface area contributed by atoms with Crippen LogP contribution in [0.15, 0.2) is 36.4 Å². The molecule has 2 aromatic carbocycles. The molecule has 0 aliphatic heterocycles. The second kappa shape index (κ2) is 8.21. The lowest BCUT2D eigenvalue weighted by molar-refractivity contribution is -0.384. The predicted octanol–water partition coefficient (Wildman–Crippen LogP) is 3.10. The van der Waals surface area contributed by atoms with Gasteiger partial charge in [-0.1, -0.05) is 6.07 Å². The zero-order chi connectivity index (χ0) is 20.1. The van der Waals surface area contributed by atoms with Crippen LogP contribution in [0.3, 0.4) is 0 Å². The molecule has 1 atom stereocenters. The fraction of sp³-hybridized carbons (Fsp3) is 0.176. The Bertz CT molecular complexity index is 884. The van der Waals surface area contributed by atoms with E-state index < -0.39 is 40.2 Å². The number of amides is 1. The molecule has 8 nitrogen and oxygen atoms in total. The molecule has 0 aliphatic rings. The fourth-order valence-electron chi connectivity index (χ4n) is 2.15. The maximum Gasteiger partial charge on any atom is 0.341 e. The molecule has 0 radical (unpaired) electrons. The number of ether oxygens (including phenoxy) is 1. The third-order valence-corrected chi connectivity index (χ3v) is 3.57. The van der Waals surface area contributed by atoms with E-state index in [1.807, 2.05) is 5.32 Å². The minimum atomic E-state index is -1.42. The summed E-state index contributed by atoms with van der Waals surface area (Å²) in [7, 11) is 1.50. The molecule has 0 spiro atoms. The molecule has 2 aromatic rings. The molecule has 0 aliphatic carbocycles. The number of esters is 1. The predicted molar refractivity (Wildman–Crippen MR) is 92.5 cm³/mol. The molecule has 142 valence electrons. The maximum absolute atomic E-state index is 13.6. The zero-order valence-corrected chi connectivity index (χ0v) is 14.3. The number of nitro groups is 1. The van der Waals surface area contributed by atoms with Crippen molar-refractivity contribution in [2.45, 2.75) is 13.0 Å². The minimum absolute atomic E-state index is 0.163. The summed E-state index contributed by atoms with van der Waals surface area (Å²) in [6, 6.07) is 6.55. The lowest BCUT2D eigenvalue weighted by atomic mass is 10.1. The van der Waals surface area contributed by atoms with E-state index in [4.69, 9.17) is 4.74 Å². The van der Waals surface area contributed by atoms with Gasteiger partial charge in [0.15, 0.2) is 6.10 Å². The molecule has 0 bridgehead atoms. The topological polar surface area (TPSA) is 111 Å². The second-order valence-electron chi connectivity index (χ2n) is 5.37. The van der Waals surface area contributed by atoms with E-state index >= 15 is 0 Å². The van der Waals surface area contributed by atoms with Gasteiger partial charge in [0.1, 0.15) is 17.3 Å². The number of carbonyl (C=O) groups excluding carboxylic acids is 2. The lowest BCUT2D eigenvalue weighted by Crippen LogP contribution is -2.30. The van der Waals surface area contributed by atoms with Gasteiger partial charge in [0, 0.05) is 24.9 Å². The number of non-ortho nitro benzene ring substituents is 1.